The molecule has 0 atom stereocenters. The van der Waals surface area contributed by atoms with Crippen molar-refractivity contribution in [3.63, 3.8) is 0 Å². The van der Waals surface area contributed by atoms with Crippen LogP contribution in [0.25, 0.3) is 11.3 Å². The SMILES string of the molecule is Cc1nc(-c2ccc(CCNC(N)=NCC3CCC3)cc2)cs1. The Balaban J connectivity index is 1.45. The van der Waals surface area contributed by atoms with E-state index >= 15 is 0 Å². The van der Waals surface area contributed by atoms with Gasteiger partial charge in [-0.2, -0.15) is 0 Å². The first-order valence-electron chi connectivity index (χ1n) is 8.26. The summed E-state index contributed by atoms with van der Waals surface area (Å²) in [5, 5.41) is 6.41. The fourth-order valence-corrected chi connectivity index (χ4v) is 3.25. The molecule has 1 aromatic heterocycles. The molecule has 1 fully saturated rings. The minimum Gasteiger partial charge on any atom is -0.370 e. The second kappa shape index (κ2) is 7.59. The van der Waals surface area contributed by atoms with Crippen LogP contribution >= 0.6 is 11.3 Å². The molecule has 3 rings (SSSR count). The summed E-state index contributed by atoms with van der Waals surface area (Å²) in [7, 11) is 0. The molecule has 1 saturated carbocycles. The summed E-state index contributed by atoms with van der Waals surface area (Å²) in [5.74, 6) is 1.34. The Kier molecular flexibility index (Phi) is 5.28. The molecule has 3 N–H and O–H groups in total. The first-order valence-corrected chi connectivity index (χ1v) is 9.14. The summed E-state index contributed by atoms with van der Waals surface area (Å²) in [6.45, 7) is 3.72. The molecule has 1 aromatic carbocycles. The molecule has 23 heavy (non-hydrogen) atoms. The van der Waals surface area contributed by atoms with Crippen LogP contribution in [0.4, 0.5) is 0 Å². The van der Waals surface area contributed by atoms with Gasteiger partial charge in [-0.15, -0.1) is 11.3 Å². The summed E-state index contributed by atoms with van der Waals surface area (Å²) in [6.07, 6.45) is 4.91. The number of hydrogen-bond acceptors (Lipinski definition) is 3. The Hall–Kier alpha value is -1.88. The van der Waals surface area contributed by atoms with E-state index in [2.05, 4.69) is 44.9 Å². The molecule has 4 nitrogen and oxygen atoms in total. The van der Waals surface area contributed by atoms with Gasteiger partial charge in [0.15, 0.2) is 5.96 Å². The van der Waals surface area contributed by atoms with Crippen LogP contribution in [-0.2, 0) is 6.42 Å². The number of nitrogens with one attached hydrogen (secondary N) is 1. The van der Waals surface area contributed by atoms with E-state index in [1.807, 2.05) is 6.92 Å². The molecule has 0 radical (unpaired) electrons. The number of rotatable bonds is 6. The van der Waals surface area contributed by atoms with Gasteiger partial charge in [-0.05, 0) is 37.7 Å². The van der Waals surface area contributed by atoms with E-state index in [1.54, 1.807) is 11.3 Å². The fraction of sp³-hybridized carbons (Fsp3) is 0.444. The number of thiazole rings is 1. The quantitative estimate of drug-likeness (QED) is 0.631. The van der Waals surface area contributed by atoms with Gasteiger partial charge in [0, 0.05) is 24.0 Å². The fourth-order valence-electron chi connectivity index (χ4n) is 2.63. The lowest BCUT2D eigenvalue weighted by Crippen LogP contribution is -2.34. The second-order valence-electron chi connectivity index (χ2n) is 6.15. The molecule has 0 unspecified atom stereocenters. The van der Waals surface area contributed by atoms with Gasteiger partial charge in [-0.1, -0.05) is 30.7 Å². The van der Waals surface area contributed by atoms with E-state index < -0.39 is 0 Å². The lowest BCUT2D eigenvalue weighted by atomic mass is 9.86. The van der Waals surface area contributed by atoms with Gasteiger partial charge in [-0.25, -0.2) is 4.98 Å². The van der Waals surface area contributed by atoms with Crippen molar-refractivity contribution in [2.75, 3.05) is 13.1 Å². The van der Waals surface area contributed by atoms with Gasteiger partial charge < -0.3 is 11.1 Å². The number of aryl methyl sites for hydroxylation is 1. The highest BCUT2D eigenvalue weighted by Gasteiger charge is 2.16. The summed E-state index contributed by atoms with van der Waals surface area (Å²) in [4.78, 5) is 8.93. The highest BCUT2D eigenvalue weighted by atomic mass is 32.1. The molecule has 1 aliphatic carbocycles. The minimum atomic E-state index is 0.575. The number of hydrogen-bond donors (Lipinski definition) is 2. The zero-order valence-corrected chi connectivity index (χ0v) is 14.4. The van der Waals surface area contributed by atoms with Crippen LogP contribution in [-0.4, -0.2) is 24.0 Å². The third-order valence-electron chi connectivity index (χ3n) is 4.33. The lowest BCUT2D eigenvalue weighted by Gasteiger charge is -2.23. The normalized spacial score (nSPS) is 15.4. The zero-order valence-electron chi connectivity index (χ0n) is 13.6. The number of benzene rings is 1. The predicted octanol–water partition coefficient (Wildman–Crippen LogP) is 3.37. The maximum atomic E-state index is 5.90. The average Bonchev–Trinajstić information content (AvgIpc) is 2.93. The molecule has 1 aliphatic rings. The molecule has 0 spiro atoms. The third-order valence-corrected chi connectivity index (χ3v) is 5.11. The zero-order chi connectivity index (χ0) is 16.1. The lowest BCUT2D eigenvalue weighted by molar-refractivity contribution is 0.326. The monoisotopic (exact) mass is 328 g/mol. The number of nitrogens with zero attached hydrogens (tertiary/aromatic N) is 2. The summed E-state index contributed by atoms with van der Waals surface area (Å²) in [5.41, 5.74) is 9.42. The minimum absolute atomic E-state index is 0.575. The Labute approximate surface area is 141 Å². The Morgan fingerprint density at radius 2 is 2.13 bits per heavy atom. The molecule has 5 heteroatoms. The summed E-state index contributed by atoms with van der Waals surface area (Å²) >= 11 is 1.68. The van der Waals surface area contributed by atoms with Crippen LogP contribution in [0.3, 0.4) is 0 Å². The maximum Gasteiger partial charge on any atom is 0.188 e. The topological polar surface area (TPSA) is 63.3 Å². The standard InChI is InChI=1S/C18H24N4S/c1-13-22-17(12-23-13)16-7-5-14(6-8-16)9-10-20-18(19)21-11-15-3-2-4-15/h5-8,12,15H,2-4,9-11H2,1H3,(H3,19,20,21). The highest BCUT2D eigenvalue weighted by Crippen LogP contribution is 2.26. The Morgan fingerprint density at radius 1 is 1.35 bits per heavy atom. The molecular weight excluding hydrogens is 304 g/mol. The molecule has 2 aromatic rings. The molecule has 122 valence electrons. The van der Waals surface area contributed by atoms with Gasteiger partial charge in [0.1, 0.15) is 0 Å². The van der Waals surface area contributed by atoms with E-state index in [9.17, 15) is 0 Å². The maximum absolute atomic E-state index is 5.90. The van der Waals surface area contributed by atoms with E-state index in [4.69, 9.17) is 5.73 Å². The van der Waals surface area contributed by atoms with Crippen LogP contribution in [0.1, 0.15) is 29.8 Å². The van der Waals surface area contributed by atoms with Crippen molar-refractivity contribution in [3.8, 4) is 11.3 Å². The second-order valence-corrected chi connectivity index (χ2v) is 7.21. The molecular formula is C18H24N4S. The van der Waals surface area contributed by atoms with E-state index in [0.717, 1.165) is 36.1 Å². The number of nitrogens with two attached hydrogens (primary N) is 1. The van der Waals surface area contributed by atoms with Crippen LogP contribution < -0.4 is 11.1 Å². The van der Waals surface area contributed by atoms with Crippen LogP contribution in [0.2, 0.25) is 0 Å². The third kappa shape index (κ3) is 4.55. The van der Waals surface area contributed by atoms with Gasteiger partial charge in [-0.3, -0.25) is 4.99 Å². The van der Waals surface area contributed by atoms with Crippen molar-refractivity contribution in [1.82, 2.24) is 10.3 Å². The molecule has 1 heterocycles. The van der Waals surface area contributed by atoms with Gasteiger partial charge in [0.2, 0.25) is 0 Å². The van der Waals surface area contributed by atoms with E-state index in [1.165, 1.54) is 30.4 Å². The molecule has 0 saturated heterocycles. The van der Waals surface area contributed by atoms with E-state index in [0.29, 0.717) is 5.96 Å². The van der Waals surface area contributed by atoms with Crippen molar-refractivity contribution in [3.05, 3.63) is 40.2 Å². The molecule has 0 bridgehead atoms. The number of aromatic nitrogens is 1. The first kappa shape index (κ1) is 16.0. The smallest absolute Gasteiger partial charge is 0.188 e. The number of aliphatic imine (C=N–C) groups is 1. The van der Waals surface area contributed by atoms with Gasteiger partial charge >= 0.3 is 0 Å². The average molecular weight is 328 g/mol. The van der Waals surface area contributed by atoms with Crippen LogP contribution in [0.5, 0.6) is 0 Å². The van der Waals surface area contributed by atoms with Crippen molar-refractivity contribution in [2.24, 2.45) is 16.6 Å². The Morgan fingerprint density at radius 3 is 2.74 bits per heavy atom. The van der Waals surface area contributed by atoms with Crippen molar-refractivity contribution >= 4 is 17.3 Å². The highest BCUT2D eigenvalue weighted by molar-refractivity contribution is 7.09. The van der Waals surface area contributed by atoms with Crippen molar-refractivity contribution in [1.29, 1.82) is 0 Å². The van der Waals surface area contributed by atoms with Crippen molar-refractivity contribution in [2.45, 2.75) is 32.6 Å². The van der Waals surface area contributed by atoms with Gasteiger partial charge in [0.05, 0.1) is 10.7 Å². The first-order chi connectivity index (χ1) is 11.2. The van der Waals surface area contributed by atoms with E-state index in [-0.39, 0.29) is 0 Å². The number of guanidine groups is 1. The van der Waals surface area contributed by atoms with Gasteiger partial charge in [0.25, 0.3) is 0 Å². The van der Waals surface area contributed by atoms with Crippen LogP contribution in [0, 0.1) is 12.8 Å². The Bertz CT molecular complexity index is 656. The predicted molar refractivity (Wildman–Crippen MR) is 97.8 cm³/mol. The largest absolute Gasteiger partial charge is 0.370 e. The summed E-state index contributed by atoms with van der Waals surface area (Å²) < 4.78 is 0. The van der Waals surface area contributed by atoms with Crippen LogP contribution in [0.15, 0.2) is 34.6 Å². The molecule has 0 amide bonds. The summed E-state index contributed by atoms with van der Waals surface area (Å²) in [6, 6.07) is 8.59. The molecule has 0 aliphatic heterocycles. The van der Waals surface area contributed by atoms with Crippen molar-refractivity contribution < 1.29 is 0 Å².